The third-order valence-electron chi connectivity index (χ3n) is 4.47. The molecule has 0 atom stereocenters. The van der Waals surface area contributed by atoms with Gasteiger partial charge in [0.25, 0.3) is 5.69 Å². The van der Waals surface area contributed by atoms with Gasteiger partial charge in [-0.1, -0.05) is 30.1 Å². The SMILES string of the molecule is CCCCc1noc(CN2CCN(c3ccc(Cl)cc3[N+](=O)[O-])CC2)n1. The van der Waals surface area contributed by atoms with Gasteiger partial charge in [-0.05, 0) is 18.6 Å². The zero-order valence-corrected chi connectivity index (χ0v) is 15.5. The topological polar surface area (TPSA) is 88.5 Å². The molecule has 2 heterocycles. The normalized spacial score (nSPS) is 15.4. The van der Waals surface area contributed by atoms with Crippen molar-refractivity contribution in [2.75, 3.05) is 31.1 Å². The molecule has 1 aliphatic heterocycles. The van der Waals surface area contributed by atoms with Gasteiger partial charge in [0, 0.05) is 43.7 Å². The predicted molar refractivity (Wildman–Crippen MR) is 98.5 cm³/mol. The van der Waals surface area contributed by atoms with Gasteiger partial charge in [0.2, 0.25) is 5.89 Å². The molecule has 0 unspecified atom stereocenters. The Morgan fingerprint density at radius 2 is 2.08 bits per heavy atom. The number of hydrogen-bond acceptors (Lipinski definition) is 7. The Morgan fingerprint density at radius 1 is 1.31 bits per heavy atom. The summed E-state index contributed by atoms with van der Waals surface area (Å²) in [5, 5.41) is 15.7. The Bertz CT molecular complexity index is 759. The fourth-order valence-electron chi connectivity index (χ4n) is 3.04. The van der Waals surface area contributed by atoms with Gasteiger partial charge < -0.3 is 9.42 Å². The van der Waals surface area contributed by atoms with Crippen molar-refractivity contribution < 1.29 is 9.45 Å². The highest BCUT2D eigenvalue weighted by atomic mass is 35.5. The average molecular weight is 380 g/mol. The van der Waals surface area contributed by atoms with Crippen LogP contribution in [0, 0.1) is 10.1 Å². The second-order valence-electron chi connectivity index (χ2n) is 6.36. The van der Waals surface area contributed by atoms with Crippen LogP contribution in [-0.2, 0) is 13.0 Å². The van der Waals surface area contributed by atoms with Gasteiger partial charge in [0.05, 0.1) is 11.5 Å². The molecule has 1 aromatic carbocycles. The second kappa shape index (κ2) is 8.46. The standard InChI is InChI=1S/C17H22ClN5O3/c1-2-3-4-16-19-17(26-20-16)12-21-7-9-22(10-8-21)14-6-5-13(18)11-15(14)23(24)25/h5-6,11H,2-4,7-10,12H2,1H3. The van der Waals surface area contributed by atoms with Gasteiger partial charge in [-0.3, -0.25) is 15.0 Å². The molecule has 1 aromatic heterocycles. The van der Waals surface area contributed by atoms with Crippen LogP contribution in [-0.4, -0.2) is 46.1 Å². The van der Waals surface area contributed by atoms with Gasteiger partial charge in [-0.15, -0.1) is 0 Å². The Morgan fingerprint density at radius 3 is 2.77 bits per heavy atom. The van der Waals surface area contributed by atoms with Gasteiger partial charge in [-0.2, -0.15) is 4.98 Å². The van der Waals surface area contributed by atoms with Gasteiger partial charge in [-0.25, -0.2) is 0 Å². The number of halogens is 1. The number of aromatic nitrogens is 2. The van der Waals surface area contributed by atoms with Crippen LogP contribution in [0.3, 0.4) is 0 Å². The number of nitro benzene ring substituents is 1. The summed E-state index contributed by atoms with van der Waals surface area (Å²) in [6, 6.07) is 4.81. The first-order valence-electron chi connectivity index (χ1n) is 8.79. The maximum absolute atomic E-state index is 11.3. The predicted octanol–water partition coefficient (Wildman–Crippen LogP) is 3.30. The third-order valence-corrected chi connectivity index (χ3v) is 4.71. The van der Waals surface area contributed by atoms with Crippen molar-refractivity contribution in [3.8, 4) is 0 Å². The van der Waals surface area contributed by atoms with Crippen LogP contribution in [0.4, 0.5) is 11.4 Å². The van der Waals surface area contributed by atoms with Gasteiger partial charge in [0.15, 0.2) is 5.82 Å². The van der Waals surface area contributed by atoms with Crippen molar-refractivity contribution in [2.45, 2.75) is 32.7 Å². The molecule has 1 aliphatic rings. The molecule has 0 N–H and O–H groups in total. The average Bonchev–Trinajstić information content (AvgIpc) is 3.08. The van der Waals surface area contributed by atoms with E-state index in [4.69, 9.17) is 16.1 Å². The Kier molecular flexibility index (Phi) is 6.05. The molecule has 0 amide bonds. The lowest BCUT2D eigenvalue weighted by Crippen LogP contribution is -2.46. The van der Waals surface area contributed by atoms with Crippen molar-refractivity contribution in [3.05, 3.63) is 45.1 Å². The summed E-state index contributed by atoms with van der Waals surface area (Å²) in [5.41, 5.74) is 0.655. The molecule has 26 heavy (non-hydrogen) atoms. The Hall–Kier alpha value is -2.19. The van der Waals surface area contributed by atoms with Crippen molar-refractivity contribution in [1.29, 1.82) is 0 Å². The monoisotopic (exact) mass is 379 g/mol. The number of rotatable bonds is 7. The van der Waals surface area contributed by atoms with Crippen LogP contribution in [0.15, 0.2) is 22.7 Å². The fourth-order valence-corrected chi connectivity index (χ4v) is 3.21. The maximum Gasteiger partial charge on any atom is 0.294 e. The molecule has 1 fully saturated rings. The lowest BCUT2D eigenvalue weighted by Gasteiger charge is -2.35. The van der Waals surface area contributed by atoms with Crippen LogP contribution in [0.5, 0.6) is 0 Å². The van der Waals surface area contributed by atoms with E-state index in [1.807, 2.05) is 4.90 Å². The summed E-state index contributed by atoms with van der Waals surface area (Å²) in [4.78, 5) is 19.6. The minimum atomic E-state index is -0.385. The largest absolute Gasteiger partial charge is 0.363 e. The number of nitrogens with zero attached hydrogens (tertiary/aromatic N) is 5. The van der Waals surface area contributed by atoms with Crippen LogP contribution in [0.2, 0.25) is 5.02 Å². The minimum absolute atomic E-state index is 0.0448. The molecule has 0 spiro atoms. The number of hydrogen-bond donors (Lipinski definition) is 0. The molecule has 0 saturated carbocycles. The molecule has 1 saturated heterocycles. The minimum Gasteiger partial charge on any atom is -0.363 e. The zero-order valence-electron chi connectivity index (χ0n) is 14.7. The Balaban J connectivity index is 1.58. The van der Waals surface area contributed by atoms with E-state index >= 15 is 0 Å². The molecule has 140 valence electrons. The van der Waals surface area contributed by atoms with Crippen molar-refractivity contribution in [2.24, 2.45) is 0 Å². The first kappa shape index (κ1) is 18.6. The summed E-state index contributed by atoms with van der Waals surface area (Å²) in [6.45, 7) is 5.67. The van der Waals surface area contributed by atoms with Gasteiger partial charge in [0.1, 0.15) is 5.69 Å². The van der Waals surface area contributed by atoms with Crippen LogP contribution < -0.4 is 4.90 Å². The summed E-state index contributed by atoms with van der Waals surface area (Å²) < 4.78 is 5.32. The zero-order chi connectivity index (χ0) is 18.5. The van der Waals surface area contributed by atoms with E-state index in [2.05, 4.69) is 22.0 Å². The molecular formula is C17H22ClN5O3. The third kappa shape index (κ3) is 4.50. The van der Waals surface area contributed by atoms with E-state index in [0.717, 1.165) is 38.2 Å². The molecule has 0 radical (unpaired) electrons. The molecule has 9 heteroatoms. The van der Waals surface area contributed by atoms with Gasteiger partial charge >= 0.3 is 0 Å². The molecule has 8 nitrogen and oxygen atoms in total. The first-order chi connectivity index (χ1) is 12.6. The fraction of sp³-hybridized carbons (Fsp3) is 0.529. The molecule has 2 aromatic rings. The number of aryl methyl sites for hydroxylation is 1. The smallest absolute Gasteiger partial charge is 0.294 e. The first-order valence-corrected chi connectivity index (χ1v) is 9.17. The Labute approximate surface area is 156 Å². The van der Waals surface area contributed by atoms with E-state index in [9.17, 15) is 10.1 Å². The van der Waals surface area contributed by atoms with Crippen molar-refractivity contribution in [3.63, 3.8) is 0 Å². The van der Waals surface area contributed by atoms with E-state index in [1.54, 1.807) is 12.1 Å². The number of nitro groups is 1. The van der Waals surface area contributed by atoms with Crippen LogP contribution >= 0.6 is 11.6 Å². The molecular weight excluding hydrogens is 358 g/mol. The number of anilines is 1. The van der Waals surface area contributed by atoms with E-state index in [0.29, 0.717) is 36.2 Å². The molecule has 0 bridgehead atoms. The highest BCUT2D eigenvalue weighted by Gasteiger charge is 2.24. The highest BCUT2D eigenvalue weighted by Crippen LogP contribution is 2.31. The lowest BCUT2D eigenvalue weighted by atomic mass is 10.2. The second-order valence-corrected chi connectivity index (χ2v) is 6.80. The number of piperazine rings is 1. The summed E-state index contributed by atoms with van der Waals surface area (Å²) in [5.74, 6) is 1.39. The van der Waals surface area contributed by atoms with E-state index in [-0.39, 0.29) is 10.6 Å². The molecule has 0 aliphatic carbocycles. The van der Waals surface area contributed by atoms with Crippen molar-refractivity contribution >= 4 is 23.0 Å². The number of unbranched alkanes of at least 4 members (excludes halogenated alkanes) is 1. The maximum atomic E-state index is 11.3. The van der Waals surface area contributed by atoms with E-state index < -0.39 is 0 Å². The van der Waals surface area contributed by atoms with Crippen molar-refractivity contribution in [1.82, 2.24) is 15.0 Å². The van der Waals surface area contributed by atoms with E-state index in [1.165, 1.54) is 6.07 Å². The highest BCUT2D eigenvalue weighted by molar-refractivity contribution is 6.30. The van der Waals surface area contributed by atoms with Crippen LogP contribution in [0.25, 0.3) is 0 Å². The molecule has 3 rings (SSSR count). The number of benzene rings is 1. The summed E-state index contributed by atoms with van der Waals surface area (Å²) in [6.07, 6.45) is 2.99. The quantitative estimate of drug-likeness (QED) is 0.538. The summed E-state index contributed by atoms with van der Waals surface area (Å²) >= 11 is 5.89. The summed E-state index contributed by atoms with van der Waals surface area (Å²) in [7, 11) is 0. The van der Waals surface area contributed by atoms with Crippen LogP contribution in [0.1, 0.15) is 31.5 Å². The lowest BCUT2D eigenvalue weighted by molar-refractivity contribution is -0.384.